The van der Waals surface area contributed by atoms with E-state index in [0.717, 1.165) is 37.9 Å². The SMILES string of the molecule is Cc1ccc(C(=O)NC(C(=O)N2CCCCC2)C2CCN(C(=O)c3ccc4c(c3)OCO4)CC2)cc1. The van der Waals surface area contributed by atoms with E-state index in [1.807, 2.05) is 28.9 Å². The van der Waals surface area contributed by atoms with E-state index < -0.39 is 6.04 Å². The van der Waals surface area contributed by atoms with Crippen molar-refractivity contribution in [1.82, 2.24) is 15.1 Å². The molecule has 2 aromatic rings. The Labute approximate surface area is 211 Å². The second kappa shape index (κ2) is 10.6. The summed E-state index contributed by atoms with van der Waals surface area (Å²) in [6, 6.07) is 12.0. The van der Waals surface area contributed by atoms with E-state index in [1.165, 1.54) is 0 Å². The fourth-order valence-electron chi connectivity index (χ4n) is 5.27. The van der Waals surface area contributed by atoms with Crippen LogP contribution in [0.25, 0.3) is 0 Å². The molecule has 3 aliphatic rings. The van der Waals surface area contributed by atoms with Gasteiger partial charge in [0.25, 0.3) is 11.8 Å². The average Bonchev–Trinajstić information content (AvgIpc) is 3.40. The molecule has 3 amide bonds. The van der Waals surface area contributed by atoms with Crippen LogP contribution in [0.15, 0.2) is 42.5 Å². The highest BCUT2D eigenvalue weighted by atomic mass is 16.7. The summed E-state index contributed by atoms with van der Waals surface area (Å²) in [4.78, 5) is 43.5. The molecule has 190 valence electrons. The molecule has 8 heteroatoms. The summed E-state index contributed by atoms with van der Waals surface area (Å²) in [5.74, 6) is 0.902. The number of hydrogen-bond donors (Lipinski definition) is 1. The molecule has 0 radical (unpaired) electrons. The molecule has 0 saturated carbocycles. The summed E-state index contributed by atoms with van der Waals surface area (Å²) in [6.07, 6.45) is 4.41. The fourth-order valence-corrected chi connectivity index (χ4v) is 5.27. The summed E-state index contributed by atoms with van der Waals surface area (Å²) in [5.41, 5.74) is 2.19. The largest absolute Gasteiger partial charge is 0.454 e. The normalized spacial score (nSPS) is 18.6. The van der Waals surface area contributed by atoms with Gasteiger partial charge in [-0.3, -0.25) is 14.4 Å². The minimum atomic E-state index is -0.598. The third kappa shape index (κ3) is 5.17. The van der Waals surface area contributed by atoms with Crippen molar-refractivity contribution in [2.45, 2.75) is 45.1 Å². The van der Waals surface area contributed by atoms with Crippen LogP contribution < -0.4 is 14.8 Å². The topological polar surface area (TPSA) is 88.2 Å². The van der Waals surface area contributed by atoms with E-state index >= 15 is 0 Å². The number of amides is 3. The van der Waals surface area contributed by atoms with Crippen LogP contribution in [0.5, 0.6) is 11.5 Å². The third-order valence-corrected chi connectivity index (χ3v) is 7.45. The number of nitrogens with zero attached hydrogens (tertiary/aromatic N) is 2. The van der Waals surface area contributed by atoms with Crippen LogP contribution in [-0.4, -0.2) is 66.5 Å². The Hall–Kier alpha value is -3.55. The van der Waals surface area contributed by atoms with Gasteiger partial charge in [-0.1, -0.05) is 17.7 Å². The average molecular weight is 492 g/mol. The fraction of sp³-hybridized carbons (Fsp3) is 0.464. The minimum absolute atomic E-state index is 0.00397. The van der Waals surface area contributed by atoms with Crippen LogP contribution in [-0.2, 0) is 4.79 Å². The van der Waals surface area contributed by atoms with Gasteiger partial charge in [0.1, 0.15) is 6.04 Å². The number of piperidine rings is 2. The second-order valence-electron chi connectivity index (χ2n) is 9.90. The Morgan fingerprint density at radius 2 is 1.50 bits per heavy atom. The molecule has 8 nitrogen and oxygen atoms in total. The second-order valence-corrected chi connectivity index (χ2v) is 9.90. The number of ether oxygens (including phenoxy) is 2. The first-order valence-electron chi connectivity index (χ1n) is 12.8. The molecule has 2 aromatic carbocycles. The standard InChI is InChI=1S/C28H33N3O5/c1-19-5-7-21(8-6-19)26(32)29-25(28(34)30-13-3-2-4-14-30)20-11-15-31(16-12-20)27(33)22-9-10-23-24(17-22)36-18-35-23/h5-10,17,20,25H,2-4,11-16,18H2,1H3,(H,29,32). The van der Waals surface area contributed by atoms with E-state index in [-0.39, 0.29) is 30.4 Å². The number of carbonyl (C=O) groups excluding carboxylic acids is 3. The van der Waals surface area contributed by atoms with Gasteiger partial charge in [-0.2, -0.15) is 0 Å². The molecule has 1 N–H and O–H groups in total. The molecule has 2 fully saturated rings. The lowest BCUT2D eigenvalue weighted by molar-refractivity contribution is -0.136. The maximum absolute atomic E-state index is 13.6. The predicted molar refractivity (Wildman–Crippen MR) is 134 cm³/mol. The van der Waals surface area contributed by atoms with Crippen LogP contribution >= 0.6 is 0 Å². The molecule has 0 aromatic heterocycles. The van der Waals surface area contributed by atoms with Crippen LogP contribution in [0.3, 0.4) is 0 Å². The van der Waals surface area contributed by atoms with Gasteiger partial charge >= 0.3 is 0 Å². The van der Waals surface area contributed by atoms with Crippen molar-refractivity contribution in [3.05, 3.63) is 59.2 Å². The zero-order chi connectivity index (χ0) is 25.1. The summed E-state index contributed by atoms with van der Waals surface area (Å²) in [6.45, 7) is 4.67. The third-order valence-electron chi connectivity index (χ3n) is 7.45. The Kier molecular flexibility index (Phi) is 7.11. The van der Waals surface area contributed by atoms with Gasteiger partial charge in [0.05, 0.1) is 0 Å². The van der Waals surface area contributed by atoms with Crippen LogP contribution in [0, 0.1) is 12.8 Å². The molecule has 5 rings (SSSR count). The zero-order valence-electron chi connectivity index (χ0n) is 20.7. The van der Waals surface area contributed by atoms with Crippen LogP contribution in [0.4, 0.5) is 0 Å². The van der Waals surface area contributed by atoms with E-state index in [4.69, 9.17) is 9.47 Å². The van der Waals surface area contributed by atoms with Gasteiger partial charge in [-0.25, -0.2) is 0 Å². The molecule has 3 aliphatic heterocycles. The Bertz CT molecular complexity index is 1120. The van der Waals surface area contributed by atoms with Crippen molar-refractivity contribution in [2.24, 2.45) is 5.92 Å². The number of aryl methyl sites for hydroxylation is 1. The van der Waals surface area contributed by atoms with Crippen molar-refractivity contribution in [2.75, 3.05) is 33.0 Å². The van der Waals surface area contributed by atoms with Gasteiger partial charge in [0.15, 0.2) is 11.5 Å². The summed E-state index contributed by atoms with van der Waals surface area (Å²) in [7, 11) is 0. The van der Waals surface area contributed by atoms with E-state index in [1.54, 1.807) is 30.3 Å². The number of carbonyl (C=O) groups is 3. The highest BCUT2D eigenvalue weighted by Crippen LogP contribution is 2.33. The highest BCUT2D eigenvalue weighted by Gasteiger charge is 2.36. The number of hydrogen-bond acceptors (Lipinski definition) is 5. The maximum atomic E-state index is 13.6. The van der Waals surface area contributed by atoms with Crippen molar-refractivity contribution >= 4 is 17.7 Å². The van der Waals surface area contributed by atoms with Gasteiger partial charge < -0.3 is 24.6 Å². The van der Waals surface area contributed by atoms with Crippen molar-refractivity contribution in [3.63, 3.8) is 0 Å². The maximum Gasteiger partial charge on any atom is 0.253 e. The molecular weight excluding hydrogens is 458 g/mol. The highest BCUT2D eigenvalue weighted by molar-refractivity contribution is 5.98. The Morgan fingerprint density at radius 1 is 0.833 bits per heavy atom. The number of rotatable bonds is 5. The molecule has 0 spiro atoms. The Balaban J connectivity index is 1.27. The molecule has 1 unspecified atom stereocenters. The van der Waals surface area contributed by atoms with Gasteiger partial charge in [0.2, 0.25) is 12.7 Å². The first-order chi connectivity index (χ1) is 17.5. The lowest BCUT2D eigenvalue weighted by Gasteiger charge is -2.38. The minimum Gasteiger partial charge on any atom is -0.454 e. The van der Waals surface area contributed by atoms with Crippen LogP contribution in [0.1, 0.15) is 58.4 Å². The Morgan fingerprint density at radius 3 is 2.22 bits per heavy atom. The monoisotopic (exact) mass is 491 g/mol. The quantitative estimate of drug-likeness (QED) is 0.693. The number of likely N-dealkylation sites (tertiary alicyclic amines) is 2. The molecule has 0 bridgehead atoms. The molecule has 3 heterocycles. The first kappa shape index (κ1) is 24.2. The molecule has 2 saturated heterocycles. The number of nitrogens with one attached hydrogen (secondary N) is 1. The first-order valence-corrected chi connectivity index (χ1v) is 12.8. The summed E-state index contributed by atoms with van der Waals surface area (Å²) >= 11 is 0. The predicted octanol–water partition coefficient (Wildman–Crippen LogP) is 3.39. The van der Waals surface area contributed by atoms with Gasteiger partial charge in [-0.15, -0.1) is 0 Å². The lowest BCUT2D eigenvalue weighted by atomic mass is 9.87. The smallest absolute Gasteiger partial charge is 0.253 e. The molecule has 1 atom stereocenters. The van der Waals surface area contributed by atoms with E-state index in [9.17, 15) is 14.4 Å². The van der Waals surface area contributed by atoms with Crippen LogP contribution in [0.2, 0.25) is 0 Å². The lowest BCUT2D eigenvalue weighted by Crippen LogP contribution is -2.55. The van der Waals surface area contributed by atoms with Crippen molar-refractivity contribution in [1.29, 1.82) is 0 Å². The molecule has 0 aliphatic carbocycles. The van der Waals surface area contributed by atoms with E-state index in [2.05, 4.69) is 5.32 Å². The van der Waals surface area contributed by atoms with Crippen molar-refractivity contribution in [3.8, 4) is 11.5 Å². The van der Waals surface area contributed by atoms with Crippen molar-refractivity contribution < 1.29 is 23.9 Å². The van der Waals surface area contributed by atoms with E-state index in [0.29, 0.717) is 48.6 Å². The summed E-state index contributed by atoms with van der Waals surface area (Å²) in [5, 5.41) is 3.06. The summed E-state index contributed by atoms with van der Waals surface area (Å²) < 4.78 is 10.8. The van der Waals surface area contributed by atoms with Gasteiger partial charge in [0, 0.05) is 37.3 Å². The number of benzene rings is 2. The zero-order valence-corrected chi connectivity index (χ0v) is 20.7. The molecule has 36 heavy (non-hydrogen) atoms. The van der Waals surface area contributed by atoms with Gasteiger partial charge in [-0.05, 0) is 75.3 Å². The molecular formula is C28H33N3O5. The number of fused-ring (bicyclic) bond motifs is 1.